The molecule has 1 aliphatic heterocycles. The number of fused-ring (bicyclic) bond motifs is 1. The van der Waals surface area contributed by atoms with Gasteiger partial charge in [0.1, 0.15) is 0 Å². The van der Waals surface area contributed by atoms with Gasteiger partial charge in [-0.3, -0.25) is 9.59 Å². The van der Waals surface area contributed by atoms with Crippen LogP contribution in [0.3, 0.4) is 0 Å². The summed E-state index contributed by atoms with van der Waals surface area (Å²) in [4.78, 5) is 28.8. The molecule has 0 radical (unpaired) electrons. The molecule has 0 fully saturated rings. The Kier molecular flexibility index (Phi) is 5.48. The number of carbonyl (C=O) groups excluding carboxylic acids is 1. The van der Waals surface area contributed by atoms with Gasteiger partial charge in [0.25, 0.3) is 5.91 Å². The van der Waals surface area contributed by atoms with Gasteiger partial charge in [0.05, 0.1) is 11.4 Å². The Bertz CT molecular complexity index is 1130. The molecule has 0 N–H and O–H groups in total. The number of hydrogen-bond donors (Lipinski definition) is 0. The van der Waals surface area contributed by atoms with Gasteiger partial charge >= 0.3 is 0 Å². The van der Waals surface area contributed by atoms with E-state index in [1.807, 2.05) is 24.3 Å². The molecule has 0 saturated carbocycles. The first-order chi connectivity index (χ1) is 13.9. The Morgan fingerprint density at radius 2 is 1.90 bits per heavy atom. The molecule has 1 amide bonds. The average Bonchev–Trinajstić information content (AvgIpc) is 2.87. The second-order valence-electron chi connectivity index (χ2n) is 7.03. The molecule has 4 rings (SSSR count). The Morgan fingerprint density at radius 1 is 1.17 bits per heavy atom. The Labute approximate surface area is 178 Å². The lowest BCUT2D eigenvalue weighted by Gasteiger charge is -2.22. The zero-order valence-electron chi connectivity index (χ0n) is 16.1. The van der Waals surface area contributed by atoms with Crippen LogP contribution in [0.15, 0.2) is 64.3 Å². The first-order valence-electron chi connectivity index (χ1n) is 9.38. The molecule has 5 nitrogen and oxygen atoms in total. The van der Waals surface area contributed by atoms with E-state index in [0.29, 0.717) is 22.5 Å². The first kappa shape index (κ1) is 19.7. The molecule has 2 aromatic carbocycles. The lowest BCUT2D eigenvalue weighted by Crippen LogP contribution is -2.37. The lowest BCUT2D eigenvalue weighted by atomic mass is 10.2. The third-order valence-electron chi connectivity index (χ3n) is 4.87. The van der Waals surface area contributed by atoms with Crippen LogP contribution < -0.4 is 10.3 Å². The van der Waals surface area contributed by atoms with Gasteiger partial charge in [0.15, 0.2) is 5.69 Å². The molecule has 1 unspecified atom stereocenters. The summed E-state index contributed by atoms with van der Waals surface area (Å²) >= 11 is 7.73. The van der Waals surface area contributed by atoms with Crippen LogP contribution in [0.4, 0.5) is 5.69 Å². The number of para-hydroxylation sites is 1. The Morgan fingerprint density at radius 3 is 2.66 bits per heavy atom. The van der Waals surface area contributed by atoms with Crippen molar-refractivity contribution in [1.82, 2.24) is 9.78 Å². The summed E-state index contributed by atoms with van der Waals surface area (Å²) in [5, 5.41) is 5.42. The second kappa shape index (κ2) is 8.05. The van der Waals surface area contributed by atoms with Gasteiger partial charge in [-0.25, -0.2) is 4.68 Å². The zero-order chi connectivity index (χ0) is 20.5. The third-order valence-corrected chi connectivity index (χ3v) is 6.36. The minimum absolute atomic E-state index is 0.0834. The number of benzene rings is 2. The van der Waals surface area contributed by atoms with Crippen molar-refractivity contribution in [1.29, 1.82) is 0 Å². The topological polar surface area (TPSA) is 55.2 Å². The van der Waals surface area contributed by atoms with Crippen molar-refractivity contribution in [3.8, 4) is 5.69 Å². The molecule has 0 spiro atoms. The fraction of sp³-hybridized carbons (Fsp3) is 0.227. The van der Waals surface area contributed by atoms with Gasteiger partial charge < -0.3 is 4.90 Å². The van der Waals surface area contributed by atoms with Crippen LogP contribution in [0, 0.1) is 6.92 Å². The molecular weight excluding hydrogens is 406 g/mol. The SMILES string of the molecule is Cc1cc(=O)c(C(=O)N2CCC(C)Sc3ccccc32)nn1-c1ccc(Cl)cc1. The number of rotatable bonds is 2. The van der Waals surface area contributed by atoms with Gasteiger partial charge in [-0.2, -0.15) is 5.10 Å². The average molecular weight is 426 g/mol. The summed E-state index contributed by atoms with van der Waals surface area (Å²) < 4.78 is 1.60. The normalized spacial score (nSPS) is 16.2. The first-order valence-corrected chi connectivity index (χ1v) is 10.6. The number of hydrogen-bond acceptors (Lipinski definition) is 4. The van der Waals surface area contributed by atoms with E-state index in [9.17, 15) is 9.59 Å². The van der Waals surface area contributed by atoms with E-state index in [1.54, 1.807) is 52.5 Å². The minimum Gasteiger partial charge on any atom is -0.306 e. The fourth-order valence-electron chi connectivity index (χ4n) is 3.36. The predicted molar refractivity (Wildman–Crippen MR) is 118 cm³/mol. The van der Waals surface area contributed by atoms with Crippen LogP contribution >= 0.6 is 23.4 Å². The molecule has 3 aromatic rings. The lowest BCUT2D eigenvalue weighted by molar-refractivity contribution is 0.0979. The second-order valence-corrected chi connectivity index (χ2v) is 8.95. The van der Waals surface area contributed by atoms with Crippen LogP contribution in [0.5, 0.6) is 0 Å². The predicted octanol–water partition coefficient (Wildman–Crippen LogP) is 4.73. The van der Waals surface area contributed by atoms with Crippen molar-refractivity contribution < 1.29 is 4.79 Å². The molecule has 0 bridgehead atoms. The highest BCUT2D eigenvalue weighted by molar-refractivity contribution is 8.00. The molecule has 1 aromatic heterocycles. The van der Waals surface area contributed by atoms with Gasteiger partial charge in [0, 0.05) is 33.5 Å². The van der Waals surface area contributed by atoms with Crippen molar-refractivity contribution in [2.45, 2.75) is 30.4 Å². The molecule has 0 saturated heterocycles. The van der Waals surface area contributed by atoms with E-state index in [4.69, 9.17) is 11.6 Å². The van der Waals surface area contributed by atoms with Crippen LogP contribution in [0.25, 0.3) is 5.69 Å². The standard InChI is InChI=1S/C22H20ClN3O2S/c1-14-13-19(27)21(24-26(14)17-9-7-16(23)8-10-17)22(28)25-12-11-15(2)29-20-6-4-3-5-18(20)25/h3-10,13,15H,11-12H2,1-2H3. The fourth-order valence-corrected chi connectivity index (χ4v) is 4.60. The van der Waals surface area contributed by atoms with Crippen molar-refractivity contribution in [2.24, 2.45) is 0 Å². The summed E-state index contributed by atoms with van der Waals surface area (Å²) in [5.74, 6) is -0.375. The van der Waals surface area contributed by atoms with Gasteiger partial charge in [0.2, 0.25) is 5.43 Å². The maximum atomic E-state index is 13.4. The monoisotopic (exact) mass is 425 g/mol. The molecule has 148 valence electrons. The maximum absolute atomic E-state index is 13.4. The zero-order valence-corrected chi connectivity index (χ0v) is 17.7. The van der Waals surface area contributed by atoms with E-state index >= 15 is 0 Å². The molecule has 7 heteroatoms. The minimum atomic E-state index is -0.375. The summed E-state index contributed by atoms with van der Waals surface area (Å²) in [5.41, 5.74) is 1.75. The van der Waals surface area contributed by atoms with Crippen molar-refractivity contribution >= 4 is 35.0 Å². The third kappa shape index (κ3) is 3.95. The van der Waals surface area contributed by atoms with Crippen LogP contribution in [0.2, 0.25) is 5.02 Å². The molecule has 0 aliphatic carbocycles. The number of carbonyl (C=O) groups is 1. The van der Waals surface area contributed by atoms with E-state index in [1.165, 1.54) is 6.07 Å². The number of amides is 1. The van der Waals surface area contributed by atoms with Crippen LogP contribution in [-0.2, 0) is 0 Å². The summed E-state index contributed by atoms with van der Waals surface area (Å²) in [6.45, 7) is 4.48. The van der Waals surface area contributed by atoms with Crippen molar-refractivity contribution in [3.63, 3.8) is 0 Å². The largest absolute Gasteiger partial charge is 0.306 e. The number of halogens is 1. The summed E-state index contributed by atoms with van der Waals surface area (Å²) in [6, 6.07) is 16.4. The van der Waals surface area contributed by atoms with Gasteiger partial charge in [-0.05, 0) is 49.7 Å². The van der Waals surface area contributed by atoms with E-state index < -0.39 is 0 Å². The van der Waals surface area contributed by atoms with Crippen molar-refractivity contribution in [3.05, 3.63) is 81.2 Å². The molecular formula is C22H20ClN3O2S. The van der Waals surface area contributed by atoms with Gasteiger partial charge in [-0.1, -0.05) is 30.7 Å². The molecule has 1 aliphatic rings. The Hall–Kier alpha value is -2.57. The molecule has 1 atom stereocenters. The highest BCUT2D eigenvalue weighted by Gasteiger charge is 2.28. The smallest absolute Gasteiger partial charge is 0.282 e. The highest BCUT2D eigenvalue weighted by Crippen LogP contribution is 2.37. The van der Waals surface area contributed by atoms with E-state index in [-0.39, 0.29) is 17.0 Å². The molecule has 2 heterocycles. The van der Waals surface area contributed by atoms with Crippen molar-refractivity contribution in [2.75, 3.05) is 11.4 Å². The van der Waals surface area contributed by atoms with E-state index in [0.717, 1.165) is 22.7 Å². The number of aryl methyl sites for hydroxylation is 1. The maximum Gasteiger partial charge on any atom is 0.282 e. The molecule has 29 heavy (non-hydrogen) atoms. The van der Waals surface area contributed by atoms with Crippen LogP contribution in [-0.4, -0.2) is 27.5 Å². The van der Waals surface area contributed by atoms with E-state index in [2.05, 4.69) is 12.0 Å². The van der Waals surface area contributed by atoms with Gasteiger partial charge in [-0.15, -0.1) is 11.8 Å². The number of nitrogens with zero attached hydrogens (tertiary/aromatic N) is 3. The quantitative estimate of drug-likeness (QED) is 0.595. The Balaban J connectivity index is 1.79. The summed E-state index contributed by atoms with van der Waals surface area (Å²) in [6.07, 6.45) is 0.836. The number of thioether (sulfide) groups is 1. The number of aromatic nitrogens is 2. The van der Waals surface area contributed by atoms with Crippen LogP contribution in [0.1, 0.15) is 29.5 Å². The summed E-state index contributed by atoms with van der Waals surface area (Å²) in [7, 11) is 0. The highest BCUT2D eigenvalue weighted by atomic mass is 35.5. The number of anilines is 1.